The Kier molecular flexibility index (Phi) is 5.93. The Bertz CT molecular complexity index is 711. The summed E-state index contributed by atoms with van der Waals surface area (Å²) in [5, 5.41) is 11.9. The van der Waals surface area contributed by atoms with Crippen LogP contribution in [0.25, 0.3) is 0 Å². The summed E-state index contributed by atoms with van der Waals surface area (Å²) >= 11 is 1.02. The molecule has 1 aromatic carbocycles. The zero-order valence-electron chi connectivity index (χ0n) is 11.9. The largest absolute Gasteiger partial charge is 0.478 e. The van der Waals surface area contributed by atoms with Crippen molar-refractivity contribution in [2.24, 2.45) is 0 Å². The van der Waals surface area contributed by atoms with Crippen molar-refractivity contribution in [3.8, 4) is 5.75 Å². The first-order valence-corrected chi connectivity index (χ1v) is 7.48. The fourth-order valence-corrected chi connectivity index (χ4v) is 2.51. The summed E-state index contributed by atoms with van der Waals surface area (Å²) in [6.07, 6.45) is 1.46. The number of nitrogens with one attached hydrogen (secondary N) is 1. The van der Waals surface area contributed by atoms with Gasteiger partial charge in [-0.05, 0) is 24.3 Å². The van der Waals surface area contributed by atoms with E-state index in [2.05, 4.69) is 10.3 Å². The van der Waals surface area contributed by atoms with Crippen LogP contribution in [-0.4, -0.2) is 34.6 Å². The molecule has 0 bridgehead atoms. The molecule has 6 nitrogen and oxygen atoms in total. The SMILES string of the molecule is O=C(CSc1ncccc1C(=O)O)Nc1cccc(OCF)c1. The Morgan fingerprint density at radius 3 is 2.87 bits per heavy atom. The highest BCUT2D eigenvalue weighted by Gasteiger charge is 2.13. The molecule has 2 aromatic rings. The van der Waals surface area contributed by atoms with Crippen LogP contribution < -0.4 is 10.1 Å². The molecular weight excluding hydrogens is 323 g/mol. The molecule has 0 aliphatic heterocycles. The quantitative estimate of drug-likeness (QED) is 0.756. The third-order valence-electron chi connectivity index (χ3n) is 2.68. The monoisotopic (exact) mass is 336 g/mol. The summed E-state index contributed by atoms with van der Waals surface area (Å²) < 4.78 is 16.8. The molecule has 0 radical (unpaired) electrons. The van der Waals surface area contributed by atoms with Gasteiger partial charge in [-0.2, -0.15) is 0 Å². The van der Waals surface area contributed by atoms with E-state index in [1.165, 1.54) is 24.4 Å². The van der Waals surface area contributed by atoms with Crippen molar-refractivity contribution in [3.63, 3.8) is 0 Å². The smallest absolute Gasteiger partial charge is 0.338 e. The van der Waals surface area contributed by atoms with Crippen molar-refractivity contribution in [1.29, 1.82) is 0 Å². The van der Waals surface area contributed by atoms with Gasteiger partial charge in [-0.1, -0.05) is 17.8 Å². The summed E-state index contributed by atoms with van der Waals surface area (Å²) in [6.45, 7) is -0.953. The molecule has 0 saturated carbocycles. The molecule has 2 N–H and O–H groups in total. The summed E-state index contributed by atoms with van der Waals surface area (Å²) in [7, 11) is 0. The highest BCUT2D eigenvalue weighted by Crippen LogP contribution is 2.21. The van der Waals surface area contributed by atoms with Gasteiger partial charge in [0.2, 0.25) is 12.8 Å². The molecule has 0 saturated heterocycles. The maximum atomic E-state index is 12.1. The van der Waals surface area contributed by atoms with E-state index in [1.807, 2.05) is 0 Å². The van der Waals surface area contributed by atoms with Gasteiger partial charge in [0.1, 0.15) is 10.8 Å². The Morgan fingerprint density at radius 1 is 1.30 bits per heavy atom. The van der Waals surface area contributed by atoms with Crippen molar-refractivity contribution < 1.29 is 23.8 Å². The van der Waals surface area contributed by atoms with Gasteiger partial charge in [0.15, 0.2) is 0 Å². The highest BCUT2D eigenvalue weighted by atomic mass is 32.2. The molecule has 8 heteroatoms. The number of carbonyl (C=O) groups excluding carboxylic acids is 1. The van der Waals surface area contributed by atoms with Gasteiger partial charge < -0.3 is 15.2 Å². The van der Waals surface area contributed by atoms with Crippen molar-refractivity contribution in [1.82, 2.24) is 4.98 Å². The number of carboxylic acids is 1. The highest BCUT2D eigenvalue weighted by molar-refractivity contribution is 8.00. The van der Waals surface area contributed by atoms with Crippen LogP contribution in [0.1, 0.15) is 10.4 Å². The van der Waals surface area contributed by atoms with Crippen LogP contribution in [0, 0.1) is 0 Å². The molecule has 23 heavy (non-hydrogen) atoms. The number of carbonyl (C=O) groups is 2. The average molecular weight is 336 g/mol. The lowest BCUT2D eigenvalue weighted by Crippen LogP contribution is -2.14. The van der Waals surface area contributed by atoms with Crippen LogP contribution in [0.3, 0.4) is 0 Å². The number of carboxylic acid groups (broad SMARTS) is 1. The molecule has 0 spiro atoms. The van der Waals surface area contributed by atoms with E-state index in [0.717, 1.165) is 11.8 Å². The lowest BCUT2D eigenvalue weighted by molar-refractivity contribution is -0.113. The maximum Gasteiger partial charge on any atom is 0.338 e. The predicted octanol–water partition coefficient (Wildman–Crippen LogP) is 2.82. The fourth-order valence-electron chi connectivity index (χ4n) is 1.73. The van der Waals surface area contributed by atoms with E-state index in [9.17, 15) is 14.0 Å². The second-order valence-corrected chi connectivity index (χ2v) is 5.24. The normalized spacial score (nSPS) is 10.1. The van der Waals surface area contributed by atoms with E-state index in [1.54, 1.807) is 18.2 Å². The van der Waals surface area contributed by atoms with E-state index in [-0.39, 0.29) is 22.2 Å². The minimum atomic E-state index is -1.10. The lowest BCUT2D eigenvalue weighted by Gasteiger charge is -2.08. The fraction of sp³-hybridized carbons (Fsp3) is 0.133. The number of aromatic nitrogens is 1. The first-order valence-electron chi connectivity index (χ1n) is 6.50. The molecular formula is C15H13FN2O4S. The molecule has 1 amide bonds. The number of hydrogen-bond donors (Lipinski definition) is 2. The first-order chi connectivity index (χ1) is 11.1. The molecule has 0 unspecified atom stereocenters. The van der Waals surface area contributed by atoms with Gasteiger partial charge in [0.25, 0.3) is 0 Å². The van der Waals surface area contributed by atoms with Crippen LogP contribution in [0.15, 0.2) is 47.6 Å². The number of pyridine rings is 1. The molecule has 1 aromatic heterocycles. The van der Waals surface area contributed by atoms with Crippen LogP contribution in [0.5, 0.6) is 5.75 Å². The Labute approximate surface area is 135 Å². The Morgan fingerprint density at radius 2 is 2.13 bits per heavy atom. The van der Waals surface area contributed by atoms with Crippen molar-refractivity contribution in [3.05, 3.63) is 48.2 Å². The molecule has 1 heterocycles. The second kappa shape index (κ2) is 8.14. The van der Waals surface area contributed by atoms with Gasteiger partial charge in [-0.3, -0.25) is 4.79 Å². The summed E-state index contributed by atoms with van der Waals surface area (Å²) in [5.41, 5.74) is 0.504. The standard InChI is InChI=1S/C15H13FN2O4S/c16-9-22-11-4-1-3-10(7-11)18-13(19)8-23-14-12(15(20)21)5-2-6-17-14/h1-7H,8-9H2,(H,18,19)(H,20,21). The minimum Gasteiger partial charge on any atom is -0.478 e. The van der Waals surface area contributed by atoms with Crippen molar-refractivity contribution in [2.45, 2.75) is 5.03 Å². The molecule has 120 valence electrons. The van der Waals surface area contributed by atoms with Crippen molar-refractivity contribution >= 4 is 29.3 Å². The number of benzene rings is 1. The number of amides is 1. The van der Waals surface area contributed by atoms with E-state index >= 15 is 0 Å². The topological polar surface area (TPSA) is 88.5 Å². The van der Waals surface area contributed by atoms with Gasteiger partial charge in [-0.15, -0.1) is 0 Å². The number of rotatable bonds is 7. The van der Waals surface area contributed by atoms with Gasteiger partial charge in [0, 0.05) is 18.0 Å². The number of anilines is 1. The number of halogens is 1. The number of thioether (sulfide) groups is 1. The summed E-state index contributed by atoms with van der Waals surface area (Å²) in [5.74, 6) is -1.15. The molecule has 0 aliphatic rings. The number of ether oxygens (including phenoxy) is 1. The average Bonchev–Trinajstić information content (AvgIpc) is 2.54. The predicted molar refractivity (Wildman–Crippen MR) is 83.6 cm³/mol. The molecule has 0 aliphatic carbocycles. The number of nitrogens with zero attached hydrogens (tertiary/aromatic N) is 1. The van der Waals surface area contributed by atoms with Crippen LogP contribution >= 0.6 is 11.8 Å². The van der Waals surface area contributed by atoms with Gasteiger partial charge >= 0.3 is 5.97 Å². The summed E-state index contributed by atoms with van der Waals surface area (Å²) in [6, 6.07) is 9.26. The molecule has 2 rings (SSSR count). The van der Waals surface area contributed by atoms with Crippen LogP contribution in [0.4, 0.5) is 10.1 Å². The maximum absolute atomic E-state index is 12.1. The van der Waals surface area contributed by atoms with Crippen molar-refractivity contribution in [2.75, 3.05) is 17.9 Å². The van der Waals surface area contributed by atoms with E-state index in [4.69, 9.17) is 9.84 Å². The zero-order valence-corrected chi connectivity index (χ0v) is 12.7. The lowest BCUT2D eigenvalue weighted by atomic mass is 10.3. The Balaban J connectivity index is 1.95. The van der Waals surface area contributed by atoms with E-state index in [0.29, 0.717) is 11.4 Å². The third kappa shape index (κ3) is 4.96. The molecule has 0 fully saturated rings. The van der Waals surface area contributed by atoms with Crippen LogP contribution in [-0.2, 0) is 4.79 Å². The third-order valence-corrected chi connectivity index (χ3v) is 3.69. The van der Waals surface area contributed by atoms with E-state index < -0.39 is 12.8 Å². The Hall–Kier alpha value is -2.61. The van der Waals surface area contributed by atoms with Crippen LogP contribution in [0.2, 0.25) is 0 Å². The molecule has 0 atom stereocenters. The minimum absolute atomic E-state index is 0.00844. The number of alkyl halides is 1. The second-order valence-electron chi connectivity index (χ2n) is 4.28. The van der Waals surface area contributed by atoms with Gasteiger partial charge in [0.05, 0.1) is 11.3 Å². The number of aromatic carboxylic acids is 1. The summed E-state index contributed by atoms with van der Waals surface area (Å²) in [4.78, 5) is 26.9. The zero-order chi connectivity index (χ0) is 16.7. The van der Waals surface area contributed by atoms with Gasteiger partial charge in [-0.25, -0.2) is 14.2 Å². The number of hydrogen-bond acceptors (Lipinski definition) is 5. The first kappa shape index (κ1) is 16.8.